The van der Waals surface area contributed by atoms with E-state index in [1.54, 1.807) is 16.8 Å². The molecule has 3 aliphatic rings. The Kier molecular flexibility index (Phi) is 6.27. The van der Waals surface area contributed by atoms with Crippen LogP contribution in [0.25, 0.3) is 16.7 Å². The predicted molar refractivity (Wildman–Crippen MR) is 140 cm³/mol. The molecule has 1 N–H and O–H groups in total. The fourth-order valence-electron chi connectivity index (χ4n) is 5.39. The molecule has 1 aliphatic carbocycles. The van der Waals surface area contributed by atoms with Crippen LogP contribution in [0.1, 0.15) is 36.0 Å². The summed E-state index contributed by atoms with van der Waals surface area (Å²) in [6.45, 7) is 4.27. The number of fused-ring (bicyclic) bond motifs is 1. The van der Waals surface area contributed by atoms with E-state index in [1.165, 1.54) is 17.1 Å². The summed E-state index contributed by atoms with van der Waals surface area (Å²) in [6.07, 6.45) is 5.72. The van der Waals surface area contributed by atoms with Gasteiger partial charge in [0.1, 0.15) is 11.7 Å². The Morgan fingerprint density at radius 2 is 1.68 bits per heavy atom. The van der Waals surface area contributed by atoms with Crippen molar-refractivity contribution in [2.75, 3.05) is 46.3 Å². The fraction of sp³-hybridized carbons (Fsp3) is 0.519. The number of aliphatic hydroxyl groups is 1. The van der Waals surface area contributed by atoms with E-state index in [0.717, 1.165) is 25.9 Å². The second kappa shape index (κ2) is 9.63. The maximum absolute atomic E-state index is 13.2. The number of nitrogens with zero attached hydrogens (tertiary/aromatic N) is 7. The van der Waals surface area contributed by atoms with Crippen molar-refractivity contribution in [3.8, 4) is 5.69 Å². The number of piperidine rings is 1. The summed E-state index contributed by atoms with van der Waals surface area (Å²) < 4.78 is 3.02. The number of carbonyl (C=O) groups excluding carboxylic acids is 2. The molecule has 0 spiro atoms. The SMILES string of the molecule is CN1CCN(C(=O)c2ccc(-n3ncc4c(=O)n(CC5(O)CCN(C(=O)C6CC6)CC5)cnc43)cc2)CC1. The Balaban J connectivity index is 1.16. The lowest BCUT2D eigenvalue weighted by Gasteiger charge is -2.38. The molecule has 2 saturated heterocycles. The first-order valence-electron chi connectivity index (χ1n) is 13.3. The number of likely N-dealkylation sites (N-methyl/N-ethyl adjacent to an activating group) is 1. The Morgan fingerprint density at radius 1 is 1.00 bits per heavy atom. The van der Waals surface area contributed by atoms with Gasteiger partial charge in [0.05, 0.1) is 24.0 Å². The maximum atomic E-state index is 13.2. The highest BCUT2D eigenvalue weighted by Crippen LogP contribution is 2.33. The Morgan fingerprint density at radius 3 is 2.34 bits per heavy atom. The number of rotatable bonds is 5. The Labute approximate surface area is 220 Å². The minimum absolute atomic E-state index is 0.0108. The topological polar surface area (TPSA) is 117 Å². The van der Waals surface area contributed by atoms with E-state index in [1.807, 2.05) is 21.9 Å². The second-order valence-electron chi connectivity index (χ2n) is 10.9. The van der Waals surface area contributed by atoms with Crippen LogP contribution in [-0.4, -0.2) is 103 Å². The van der Waals surface area contributed by atoms with E-state index in [9.17, 15) is 19.5 Å². The van der Waals surface area contributed by atoms with Crippen LogP contribution in [0.15, 0.2) is 41.6 Å². The zero-order valence-electron chi connectivity index (χ0n) is 21.6. The van der Waals surface area contributed by atoms with Gasteiger partial charge in [0.25, 0.3) is 11.5 Å². The Bertz CT molecular complexity index is 1410. The van der Waals surface area contributed by atoms with E-state index in [-0.39, 0.29) is 29.8 Å². The first-order chi connectivity index (χ1) is 18.3. The van der Waals surface area contributed by atoms with Gasteiger partial charge in [-0.05, 0) is 57.0 Å². The van der Waals surface area contributed by atoms with Gasteiger partial charge in [0.2, 0.25) is 5.91 Å². The number of hydrogen-bond donors (Lipinski definition) is 1. The third-order valence-corrected chi connectivity index (χ3v) is 8.10. The Hall–Kier alpha value is -3.57. The van der Waals surface area contributed by atoms with Gasteiger partial charge in [-0.15, -0.1) is 0 Å². The molecule has 0 bridgehead atoms. The van der Waals surface area contributed by atoms with E-state index in [2.05, 4.69) is 22.0 Å². The zero-order chi connectivity index (χ0) is 26.4. The smallest absolute Gasteiger partial charge is 0.264 e. The molecule has 38 heavy (non-hydrogen) atoms. The van der Waals surface area contributed by atoms with Crippen LogP contribution in [0, 0.1) is 5.92 Å². The van der Waals surface area contributed by atoms with Crippen molar-refractivity contribution in [1.29, 1.82) is 0 Å². The first kappa shape index (κ1) is 24.7. The van der Waals surface area contributed by atoms with Crippen LogP contribution in [0.4, 0.5) is 0 Å². The number of hydrogen-bond acceptors (Lipinski definition) is 7. The summed E-state index contributed by atoms with van der Waals surface area (Å²) in [6, 6.07) is 7.17. The van der Waals surface area contributed by atoms with E-state index in [4.69, 9.17) is 0 Å². The van der Waals surface area contributed by atoms with Crippen LogP contribution >= 0.6 is 0 Å². The van der Waals surface area contributed by atoms with Crippen LogP contribution in [0.3, 0.4) is 0 Å². The molecule has 200 valence electrons. The number of likely N-dealkylation sites (tertiary alicyclic amines) is 1. The van der Waals surface area contributed by atoms with Crippen LogP contribution in [0.2, 0.25) is 0 Å². The summed E-state index contributed by atoms with van der Waals surface area (Å²) in [5, 5.41) is 15.9. The molecule has 0 atom stereocenters. The normalized spacial score (nSPS) is 20.2. The van der Waals surface area contributed by atoms with Gasteiger partial charge >= 0.3 is 0 Å². The number of amides is 2. The lowest BCUT2D eigenvalue weighted by atomic mass is 9.91. The molecule has 0 radical (unpaired) electrons. The van der Waals surface area contributed by atoms with Crippen LogP contribution in [0.5, 0.6) is 0 Å². The van der Waals surface area contributed by atoms with Crippen molar-refractivity contribution >= 4 is 22.8 Å². The largest absolute Gasteiger partial charge is 0.388 e. The van der Waals surface area contributed by atoms with Crippen LogP contribution in [-0.2, 0) is 11.3 Å². The maximum Gasteiger partial charge on any atom is 0.264 e. The van der Waals surface area contributed by atoms with Gasteiger partial charge in [-0.3, -0.25) is 19.0 Å². The van der Waals surface area contributed by atoms with E-state index < -0.39 is 5.60 Å². The minimum atomic E-state index is -1.07. The van der Waals surface area contributed by atoms with Gasteiger partial charge in [0, 0.05) is 50.7 Å². The second-order valence-corrected chi connectivity index (χ2v) is 10.9. The van der Waals surface area contributed by atoms with Gasteiger partial charge in [0.15, 0.2) is 5.65 Å². The highest BCUT2D eigenvalue weighted by Gasteiger charge is 2.39. The monoisotopic (exact) mass is 519 g/mol. The standard InChI is InChI=1S/C27H33N7O4/c1-30-12-14-32(15-13-30)25(36)20-4-6-21(7-5-20)34-23-22(16-29-34)26(37)33(18-28-23)17-27(38)8-10-31(11-9-27)24(35)19-2-3-19/h4-7,16,18-19,38H,2-3,8-15,17H2,1H3. The molecule has 0 unspecified atom stereocenters. The molecule has 2 aliphatic heterocycles. The molecule has 4 heterocycles. The van der Waals surface area contributed by atoms with Crippen molar-refractivity contribution in [3.05, 3.63) is 52.7 Å². The number of aromatic nitrogens is 4. The molecule has 1 aromatic carbocycles. The van der Waals surface area contributed by atoms with Gasteiger partial charge in [-0.2, -0.15) is 5.10 Å². The third kappa shape index (κ3) is 4.71. The molecule has 3 fully saturated rings. The molecular weight excluding hydrogens is 486 g/mol. The molecular formula is C27H33N7O4. The molecule has 2 amide bonds. The molecule has 1 saturated carbocycles. The predicted octanol–water partition coefficient (Wildman–Crippen LogP) is 0.733. The van der Waals surface area contributed by atoms with Crippen molar-refractivity contribution in [3.63, 3.8) is 0 Å². The fourth-order valence-corrected chi connectivity index (χ4v) is 5.39. The molecule has 11 heteroatoms. The van der Waals surface area contributed by atoms with E-state index >= 15 is 0 Å². The average Bonchev–Trinajstić information content (AvgIpc) is 3.69. The number of piperazine rings is 1. The molecule has 6 rings (SSSR count). The van der Waals surface area contributed by atoms with Crippen molar-refractivity contribution in [2.24, 2.45) is 5.92 Å². The summed E-state index contributed by atoms with van der Waals surface area (Å²) in [7, 11) is 2.05. The van der Waals surface area contributed by atoms with Crippen molar-refractivity contribution < 1.29 is 14.7 Å². The summed E-state index contributed by atoms with van der Waals surface area (Å²) >= 11 is 0. The summed E-state index contributed by atoms with van der Waals surface area (Å²) in [5.74, 6) is 0.369. The molecule has 11 nitrogen and oxygen atoms in total. The third-order valence-electron chi connectivity index (χ3n) is 8.10. The average molecular weight is 520 g/mol. The highest BCUT2D eigenvalue weighted by molar-refractivity contribution is 5.94. The minimum Gasteiger partial charge on any atom is -0.388 e. The lowest BCUT2D eigenvalue weighted by Crippen LogP contribution is -2.50. The van der Waals surface area contributed by atoms with Gasteiger partial charge < -0.3 is 19.8 Å². The highest BCUT2D eigenvalue weighted by atomic mass is 16.3. The number of carbonyl (C=O) groups is 2. The lowest BCUT2D eigenvalue weighted by molar-refractivity contribution is -0.137. The zero-order valence-corrected chi connectivity index (χ0v) is 21.6. The van der Waals surface area contributed by atoms with Gasteiger partial charge in [-0.25, -0.2) is 9.67 Å². The quantitative estimate of drug-likeness (QED) is 0.528. The van der Waals surface area contributed by atoms with Crippen LogP contribution < -0.4 is 5.56 Å². The molecule has 3 aromatic rings. The summed E-state index contributed by atoms with van der Waals surface area (Å²) in [4.78, 5) is 48.8. The number of benzene rings is 1. The summed E-state index contributed by atoms with van der Waals surface area (Å²) in [5.41, 5.74) is 0.394. The van der Waals surface area contributed by atoms with Gasteiger partial charge in [-0.1, -0.05) is 0 Å². The first-order valence-corrected chi connectivity index (χ1v) is 13.3. The van der Waals surface area contributed by atoms with Crippen molar-refractivity contribution in [1.82, 2.24) is 34.0 Å². The van der Waals surface area contributed by atoms with E-state index in [0.29, 0.717) is 61.3 Å². The molecule has 2 aromatic heterocycles. The van der Waals surface area contributed by atoms with Crippen molar-refractivity contribution in [2.45, 2.75) is 37.8 Å².